The Balaban J connectivity index is 0.000000156. The van der Waals surface area contributed by atoms with Crippen LogP contribution in [-0.2, 0) is 22.3 Å². The monoisotopic (exact) mass is 855 g/mol. The minimum Gasteiger partial charge on any atom is -0.456 e. The molecule has 1 atom stereocenters. The molecule has 2 saturated heterocycles. The van der Waals surface area contributed by atoms with Gasteiger partial charge in [0.1, 0.15) is 23.0 Å². The van der Waals surface area contributed by atoms with E-state index in [1.54, 1.807) is 18.3 Å². The summed E-state index contributed by atoms with van der Waals surface area (Å²) in [4.78, 5) is 39.5. The van der Waals surface area contributed by atoms with E-state index in [-0.39, 0.29) is 17.2 Å². The van der Waals surface area contributed by atoms with E-state index in [2.05, 4.69) is 61.3 Å². The number of para-hydroxylation sites is 2. The smallest absolute Gasteiger partial charge is 0.250 e. The molecule has 0 radical (unpaired) electrons. The highest BCUT2D eigenvalue weighted by Crippen LogP contribution is 2.45. The Bertz CT molecular complexity index is 2940. The first kappa shape index (κ1) is 40.7. The molecule has 0 amide bonds. The van der Waals surface area contributed by atoms with E-state index in [4.69, 9.17) is 24.7 Å². The fourth-order valence-corrected chi connectivity index (χ4v) is 8.81. The van der Waals surface area contributed by atoms with Crippen molar-refractivity contribution in [3.8, 4) is 45.5 Å². The molecule has 5 N–H and O–H groups in total. The van der Waals surface area contributed by atoms with E-state index < -0.39 is 0 Å². The van der Waals surface area contributed by atoms with Crippen LogP contribution in [0, 0.1) is 0 Å². The zero-order valence-corrected chi connectivity index (χ0v) is 35.6. The van der Waals surface area contributed by atoms with Crippen LogP contribution in [0.3, 0.4) is 0 Å². The molecular formula is C51H49N7O6. The van der Waals surface area contributed by atoms with Crippen LogP contribution >= 0.6 is 0 Å². The van der Waals surface area contributed by atoms with Gasteiger partial charge in [-0.3, -0.25) is 14.6 Å². The number of fused-ring (bicyclic) bond motifs is 4. The predicted molar refractivity (Wildman–Crippen MR) is 250 cm³/mol. The summed E-state index contributed by atoms with van der Waals surface area (Å²) >= 11 is 0. The minimum absolute atomic E-state index is 0.124. The molecular weight excluding hydrogens is 807 g/mol. The third kappa shape index (κ3) is 8.68. The first-order valence-corrected chi connectivity index (χ1v) is 21.7. The van der Waals surface area contributed by atoms with E-state index in [0.717, 1.165) is 135 Å². The van der Waals surface area contributed by atoms with Crippen molar-refractivity contribution in [3.63, 3.8) is 0 Å². The summed E-state index contributed by atoms with van der Waals surface area (Å²) in [6.07, 6.45) is 5.17. The van der Waals surface area contributed by atoms with Crippen LogP contribution in [0.4, 0.5) is 22.7 Å². The van der Waals surface area contributed by atoms with Crippen molar-refractivity contribution < 1.29 is 18.9 Å². The molecule has 7 aromatic rings. The molecule has 0 spiro atoms. The Labute approximate surface area is 370 Å². The number of hydrogen-bond acceptors (Lipinski definition) is 11. The van der Waals surface area contributed by atoms with Crippen molar-refractivity contribution in [2.75, 3.05) is 73.5 Å². The summed E-state index contributed by atoms with van der Waals surface area (Å²) in [6.45, 7) is 7.91. The summed E-state index contributed by atoms with van der Waals surface area (Å²) in [7, 11) is 0. The number of nitrogen functional groups attached to an aromatic ring is 1. The maximum atomic E-state index is 12.6. The lowest BCUT2D eigenvalue weighted by Crippen LogP contribution is -2.36. The molecule has 11 rings (SSSR count). The first-order chi connectivity index (χ1) is 31.3. The fourth-order valence-electron chi connectivity index (χ4n) is 8.81. The molecule has 1 unspecified atom stereocenters. The van der Waals surface area contributed by atoms with Crippen LogP contribution in [0.25, 0.3) is 22.5 Å². The van der Waals surface area contributed by atoms with Gasteiger partial charge < -0.3 is 49.8 Å². The van der Waals surface area contributed by atoms with Gasteiger partial charge in [-0.15, -0.1) is 0 Å². The van der Waals surface area contributed by atoms with Gasteiger partial charge in [0.05, 0.1) is 43.9 Å². The summed E-state index contributed by atoms with van der Waals surface area (Å²) in [6, 6.07) is 35.5. The molecule has 4 aromatic carbocycles. The normalized spacial score (nSPS) is 15.5. The molecule has 13 nitrogen and oxygen atoms in total. The number of ether oxygens (including phenoxy) is 4. The second-order valence-corrected chi connectivity index (χ2v) is 16.4. The third-order valence-corrected chi connectivity index (χ3v) is 12.1. The highest BCUT2D eigenvalue weighted by molar-refractivity contribution is 5.76. The molecule has 324 valence electrons. The number of rotatable bonds is 7. The van der Waals surface area contributed by atoms with E-state index >= 15 is 0 Å². The van der Waals surface area contributed by atoms with E-state index in [0.29, 0.717) is 26.4 Å². The number of morpholine rings is 2. The van der Waals surface area contributed by atoms with Gasteiger partial charge in [-0.2, -0.15) is 0 Å². The number of aromatic amines is 2. The Morgan fingerprint density at radius 1 is 0.625 bits per heavy atom. The average molecular weight is 856 g/mol. The molecule has 2 fully saturated rings. The topological polar surface area (TPSA) is 160 Å². The van der Waals surface area contributed by atoms with Crippen molar-refractivity contribution in [1.82, 2.24) is 15.0 Å². The predicted octanol–water partition coefficient (Wildman–Crippen LogP) is 8.30. The SMILES string of the molecule is CC(Nc1ccc2c(c1)Cc1cccc(-c3cc(N4CCOCC4)cc(=O)[nH]3)c1O2)c1cccnc1.Nc1ccc2c(c1)Cc1cccc(-c3cc(N4CCOCC4)cc(=O)[nH]3)c1O2. The van der Waals surface area contributed by atoms with Crippen LogP contribution in [0.15, 0.2) is 131 Å². The number of benzene rings is 4. The second kappa shape index (κ2) is 17.8. The molecule has 0 bridgehead atoms. The van der Waals surface area contributed by atoms with E-state index in [1.165, 1.54) is 0 Å². The molecule has 64 heavy (non-hydrogen) atoms. The van der Waals surface area contributed by atoms with Crippen molar-refractivity contribution in [2.24, 2.45) is 0 Å². The maximum Gasteiger partial charge on any atom is 0.250 e. The largest absolute Gasteiger partial charge is 0.456 e. The number of nitrogens with two attached hydrogens (primary N) is 1. The molecule has 3 aromatic heterocycles. The summed E-state index contributed by atoms with van der Waals surface area (Å²) in [5.74, 6) is 3.22. The van der Waals surface area contributed by atoms with Gasteiger partial charge in [-0.05, 0) is 90.3 Å². The average Bonchev–Trinajstić information content (AvgIpc) is 3.33. The minimum atomic E-state index is -0.124. The number of nitrogens with one attached hydrogen (secondary N) is 3. The number of nitrogens with zero attached hydrogens (tertiary/aromatic N) is 3. The highest BCUT2D eigenvalue weighted by Gasteiger charge is 2.24. The highest BCUT2D eigenvalue weighted by atomic mass is 16.5. The molecule has 13 heteroatoms. The van der Waals surface area contributed by atoms with E-state index in [9.17, 15) is 9.59 Å². The van der Waals surface area contributed by atoms with Gasteiger partial charge in [0.15, 0.2) is 0 Å². The van der Waals surface area contributed by atoms with Crippen molar-refractivity contribution in [3.05, 3.63) is 170 Å². The number of pyridine rings is 3. The fraction of sp³-hybridized carbons (Fsp3) is 0.235. The second-order valence-electron chi connectivity index (χ2n) is 16.4. The number of hydrogen-bond donors (Lipinski definition) is 4. The molecule has 4 aliphatic heterocycles. The van der Waals surface area contributed by atoms with Gasteiger partial charge in [0, 0.05) is 109 Å². The Hall–Kier alpha value is -7.35. The Kier molecular flexibility index (Phi) is 11.3. The summed E-state index contributed by atoms with van der Waals surface area (Å²) in [5, 5.41) is 3.56. The van der Waals surface area contributed by atoms with Crippen LogP contribution in [0.5, 0.6) is 23.0 Å². The van der Waals surface area contributed by atoms with Crippen LogP contribution in [-0.4, -0.2) is 67.6 Å². The van der Waals surface area contributed by atoms with Crippen LogP contribution < -0.4 is 41.4 Å². The molecule has 0 aliphatic carbocycles. The van der Waals surface area contributed by atoms with Crippen molar-refractivity contribution in [1.29, 1.82) is 0 Å². The number of anilines is 4. The Morgan fingerprint density at radius 2 is 1.17 bits per heavy atom. The van der Waals surface area contributed by atoms with Crippen LogP contribution in [0.1, 0.15) is 40.8 Å². The molecule has 0 saturated carbocycles. The zero-order chi connectivity index (χ0) is 43.6. The van der Waals surface area contributed by atoms with Gasteiger partial charge in [0.2, 0.25) is 11.1 Å². The standard InChI is InChI=1S/C29H28N4O3.C22H21N3O3/c1-19(21-5-3-9-30-18-21)31-23-7-8-27-22(15-23)14-20-4-2-6-25(29(20)36-27)26-16-24(17-28(34)32-26)33-10-12-35-13-11-33;23-16-4-5-20-15(11-16)10-14-2-1-3-18(22(14)28-20)19-12-17(13-21(26)24-19)25-6-8-27-9-7-25/h2-9,15-19,31H,10-14H2,1H3,(H,32,34);1-5,11-13H,6-10,23H2,(H,24,26). The van der Waals surface area contributed by atoms with Gasteiger partial charge in [-0.25, -0.2) is 0 Å². The molecule has 7 heterocycles. The summed E-state index contributed by atoms with van der Waals surface area (Å²) in [5.41, 5.74) is 18.0. The van der Waals surface area contributed by atoms with Crippen LogP contribution in [0.2, 0.25) is 0 Å². The lowest BCUT2D eigenvalue weighted by Gasteiger charge is -2.29. The number of aromatic nitrogens is 3. The quantitative estimate of drug-likeness (QED) is 0.114. The summed E-state index contributed by atoms with van der Waals surface area (Å²) < 4.78 is 23.6. The third-order valence-electron chi connectivity index (χ3n) is 12.1. The lowest BCUT2D eigenvalue weighted by molar-refractivity contribution is 0.122. The van der Waals surface area contributed by atoms with Gasteiger partial charge in [0.25, 0.3) is 0 Å². The zero-order valence-electron chi connectivity index (χ0n) is 35.6. The first-order valence-electron chi connectivity index (χ1n) is 21.7. The van der Waals surface area contributed by atoms with Crippen molar-refractivity contribution >= 4 is 22.7 Å². The van der Waals surface area contributed by atoms with Gasteiger partial charge >= 0.3 is 0 Å². The lowest BCUT2D eigenvalue weighted by atomic mass is 9.96. The maximum absolute atomic E-state index is 12.6. The number of H-pyrrole nitrogens is 2. The Morgan fingerprint density at radius 3 is 1.72 bits per heavy atom. The van der Waals surface area contributed by atoms with E-state index in [1.807, 2.05) is 79.0 Å². The molecule has 4 aliphatic rings. The van der Waals surface area contributed by atoms with Gasteiger partial charge in [-0.1, -0.05) is 30.3 Å². The van der Waals surface area contributed by atoms with Crippen molar-refractivity contribution in [2.45, 2.75) is 25.8 Å².